The van der Waals surface area contributed by atoms with Gasteiger partial charge in [-0.15, -0.1) is 0 Å². The Hall–Kier alpha value is -3.78. The number of hydrogen-bond donors (Lipinski definition) is 0. The molecule has 176 valence electrons. The largest absolute Gasteiger partial charge is 0.497 e. The molecular weight excluding hydrogens is 434 g/mol. The monoisotopic (exact) mass is 461 g/mol. The lowest BCUT2D eigenvalue weighted by Gasteiger charge is -2.29. The minimum absolute atomic E-state index is 0.326. The summed E-state index contributed by atoms with van der Waals surface area (Å²) in [5.74, 6) is 1.30. The topological polar surface area (TPSA) is 76.6 Å². The molecule has 0 unspecified atom stereocenters. The number of methoxy groups -OCH3 is 2. The van der Waals surface area contributed by atoms with Crippen LogP contribution in [0.15, 0.2) is 52.1 Å². The van der Waals surface area contributed by atoms with Crippen molar-refractivity contribution in [3.63, 3.8) is 0 Å². The van der Waals surface area contributed by atoms with Gasteiger partial charge in [-0.05, 0) is 36.8 Å². The molecule has 5 rings (SSSR count). The highest BCUT2D eigenvalue weighted by atomic mass is 16.5. The Kier molecular flexibility index (Phi) is 5.32. The van der Waals surface area contributed by atoms with E-state index in [4.69, 9.17) is 14.2 Å². The van der Waals surface area contributed by atoms with Crippen LogP contribution in [-0.2, 0) is 25.4 Å². The molecule has 0 radical (unpaired) electrons. The quantitative estimate of drug-likeness (QED) is 0.467. The number of aryl methyl sites for hydroxylation is 2. The molecule has 1 atom stereocenters. The molecule has 0 amide bonds. The van der Waals surface area contributed by atoms with Gasteiger partial charge in [0, 0.05) is 26.2 Å². The first kappa shape index (κ1) is 22.0. The maximum absolute atomic E-state index is 13.5. The maximum Gasteiger partial charge on any atom is 0.331 e. The molecule has 0 aliphatic carbocycles. The van der Waals surface area contributed by atoms with Crippen LogP contribution in [0.2, 0.25) is 0 Å². The second-order valence-electron chi connectivity index (χ2n) is 8.54. The van der Waals surface area contributed by atoms with Crippen LogP contribution in [0.5, 0.6) is 11.5 Å². The van der Waals surface area contributed by atoms with Crippen molar-refractivity contribution in [3.8, 4) is 22.8 Å². The van der Waals surface area contributed by atoms with Gasteiger partial charge in [0.1, 0.15) is 17.6 Å². The van der Waals surface area contributed by atoms with Crippen molar-refractivity contribution < 1.29 is 14.2 Å². The number of rotatable bonds is 4. The zero-order valence-electron chi connectivity index (χ0n) is 19.9. The number of ether oxygens (including phenoxy) is 3. The first-order valence-corrected chi connectivity index (χ1v) is 11.1. The molecule has 1 aliphatic rings. The van der Waals surface area contributed by atoms with Crippen LogP contribution in [0.1, 0.15) is 22.9 Å². The summed E-state index contributed by atoms with van der Waals surface area (Å²) in [6.45, 7) is 3.01. The Bertz CT molecular complexity index is 1540. The van der Waals surface area contributed by atoms with Gasteiger partial charge >= 0.3 is 5.69 Å². The fourth-order valence-electron chi connectivity index (χ4n) is 4.95. The van der Waals surface area contributed by atoms with E-state index in [1.807, 2.05) is 43.3 Å². The predicted molar refractivity (Wildman–Crippen MR) is 130 cm³/mol. The van der Waals surface area contributed by atoms with Crippen LogP contribution in [0.4, 0.5) is 0 Å². The normalized spacial score (nSPS) is 15.4. The number of benzene rings is 2. The Labute approximate surface area is 196 Å². The molecule has 4 aromatic rings. The molecular formula is C26H27N3O5. The van der Waals surface area contributed by atoms with Crippen molar-refractivity contribution >= 4 is 10.9 Å². The molecule has 2 aromatic heterocycles. The van der Waals surface area contributed by atoms with Crippen molar-refractivity contribution in [3.05, 3.63) is 80.1 Å². The van der Waals surface area contributed by atoms with E-state index in [1.54, 1.807) is 21.3 Å². The van der Waals surface area contributed by atoms with Crippen LogP contribution in [0.3, 0.4) is 0 Å². The van der Waals surface area contributed by atoms with Crippen molar-refractivity contribution in [1.82, 2.24) is 13.7 Å². The van der Waals surface area contributed by atoms with E-state index in [2.05, 4.69) is 10.6 Å². The van der Waals surface area contributed by atoms with Crippen LogP contribution in [-0.4, -0.2) is 34.5 Å². The molecule has 0 N–H and O–H groups in total. The molecule has 8 heteroatoms. The molecule has 3 heterocycles. The Morgan fingerprint density at radius 2 is 1.79 bits per heavy atom. The summed E-state index contributed by atoms with van der Waals surface area (Å²) in [4.78, 5) is 26.5. The highest BCUT2D eigenvalue weighted by Gasteiger charge is 2.34. The lowest BCUT2D eigenvalue weighted by Crippen LogP contribution is -2.37. The summed E-state index contributed by atoms with van der Waals surface area (Å²) in [6, 6.07) is 13.6. The third kappa shape index (κ3) is 3.17. The molecule has 1 aliphatic heterocycles. The van der Waals surface area contributed by atoms with Crippen LogP contribution in [0, 0.1) is 6.92 Å². The highest BCUT2D eigenvalue weighted by Crippen LogP contribution is 2.43. The third-order valence-corrected chi connectivity index (χ3v) is 6.56. The Morgan fingerprint density at radius 1 is 1.00 bits per heavy atom. The van der Waals surface area contributed by atoms with E-state index < -0.39 is 6.10 Å². The summed E-state index contributed by atoms with van der Waals surface area (Å²) < 4.78 is 22.2. The lowest BCUT2D eigenvalue weighted by atomic mass is 10.0. The zero-order valence-corrected chi connectivity index (χ0v) is 19.9. The summed E-state index contributed by atoms with van der Waals surface area (Å²) in [5, 5.41) is 0.502. The van der Waals surface area contributed by atoms with E-state index in [-0.39, 0.29) is 11.2 Å². The van der Waals surface area contributed by atoms with Crippen molar-refractivity contribution in [2.24, 2.45) is 14.1 Å². The number of fused-ring (bicyclic) bond motifs is 3. The van der Waals surface area contributed by atoms with Crippen LogP contribution >= 0.6 is 0 Å². The fourth-order valence-corrected chi connectivity index (χ4v) is 4.95. The second-order valence-corrected chi connectivity index (χ2v) is 8.54. The first-order chi connectivity index (χ1) is 16.4. The fraction of sp³-hybridized carbons (Fsp3) is 0.308. The highest BCUT2D eigenvalue weighted by molar-refractivity contribution is 5.96. The van der Waals surface area contributed by atoms with Gasteiger partial charge in [0.05, 0.1) is 43.1 Å². The summed E-state index contributed by atoms with van der Waals surface area (Å²) in [7, 11) is 6.42. The molecule has 2 aromatic carbocycles. The van der Waals surface area contributed by atoms with Crippen molar-refractivity contribution in [2.75, 3.05) is 20.8 Å². The number of aromatic nitrogens is 3. The predicted octanol–water partition coefficient (Wildman–Crippen LogP) is 3.15. The van der Waals surface area contributed by atoms with E-state index in [9.17, 15) is 9.59 Å². The summed E-state index contributed by atoms with van der Waals surface area (Å²) >= 11 is 0. The number of nitrogens with zero attached hydrogens (tertiary/aromatic N) is 3. The minimum atomic E-state index is -0.558. The van der Waals surface area contributed by atoms with Gasteiger partial charge in [0.25, 0.3) is 5.56 Å². The van der Waals surface area contributed by atoms with Crippen LogP contribution in [0.25, 0.3) is 22.2 Å². The summed E-state index contributed by atoms with van der Waals surface area (Å²) in [6.07, 6.45) is -0.558. The second kappa shape index (κ2) is 8.22. The van der Waals surface area contributed by atoms with Crippen LogP contribution < -0.4 is 20.7 Å². The van der Waals surface area contributed by atoms with Gasteiger partial charge in [-0.1, -0.05) is 23.8 Å². The molecule has 0 bridgehead atoms. The van der Waals surface area contributed by atoms with E-state index in [1.165, 1.54) is 11.6 Å². The third-order valence-electron chi connectivity index (χ3n) is 6.56. The molecule has 0 saturated carbocycles. The molecule has 8 nitrogen and oxygen atoms in total. The van der Waals surface area contributed by atoms with Gasteiger partial charge in [-0.25, -0.2) is 4.79 Å². The maximum atomic E-state index is 13.5. The average Bonchev–Trinajstić information content (AvgIpc) is 3.21. The van der Waals surface area contributed by atoms with Gasteiger partial charge in [-0.2, -0.15) is 0 Å². The van der Waals surface area contributed by atoms with Gasteiger partial charge in [0.15, 0.2) is 0 Å². The Balaban J connectivity index is 1.94. The van der Waals surface area contributed by atoms with E-state index >= 15 is 0 Å². The Morgan fingerprint density at radius 3 is 2.50 bits per heavy atom. The minimum Gasteiger partial charge on any atom is -0.497 e. The smallest absolute Gasteiger partial charge is 0.331 e. The van der Waals surface area contributed by atoms with E-state index in [0.29, 0.717) is 35.6 Å². The van der Waals surface area contributed by atoms with E-state index in [0.717, 1.165) is 32.6 Å². The molecule has 0 fully saturated rings. The van der Waals surface area contributed by atoms with Crippen molar-refractivity contribution in [2.45, 2.75) is 19.6 Å². The molecule has 34 heavy (non-hydrogen) atoms. The van der Waals surface area contributed by atoms with Crippen molar-refractivity contribution in [1.29, 1.82) is 0 Å². The molecule has 0 spiro atoms. The zero-order chi connectivity index (χ0) is 24.1. The number of hydrogen-bond acceptors (Lipinski definition) is 5. The molecule has 0 saturated heterocycles. The SMILES string of the molecule is COc1ccc(OC)c([C@@H]2OCCn3c(-c4cccc(C)c4)c4c(=O)n(C)c(=O)n(C)c4c32)c1. The van der Waals surface area contributed by atoms with Gasteiger partial charge in [-0.3, -0.25) is 13.9 Å². The standard InChI is InChI=1S/C26H27N3O5/c1-15-7-6-8-16(13-15)21-20-22(27(2)26(31)28(3)25(20)30)23-24(34-12-11-29(21)23)18-14-17(32-4)9-10-19(18)33-5/h6-10,13-14,24H,11-12H2,1-5H3/t24-/m0/s1. The van der Waals surface area contributed by atoms with Gasteiger partial charge in [0.2, 0.25) is 0 Å². The lowest BCUT2D eigenvalue weighted by molar-refractivity contribution is 0.0462. The van der Waals surface area contributed by atoms with Gasteiger partial charge < -0.3 is 18.8 Å². The summed E-state index contributed by atoms with van der Waals surface area (Å²) in [5.41, 5.74) is 4.18. The average molecular weight is 462 g/mol. The first-order valence-electron chi connectivity index (χ1n) is 11.1.